The van der Waals surface area contributed by atoms with Crippen LogP contribution in [0.1, 0.15) is 22.1 Å². The van der Waals surface area contributed by atoms with E-state index in [1.807, 2.05) is 58.1 Å². The Balaban J connectivity index is 1.58. The van der Waals surface area contributed by atoms with Gasteiger partial charge in [-0.1, -0.05) is 78.4 Å². The Morgan fingerprint density at radius 1 is 0.935 bits per heavy atom. The third-order valence-electron chi connectivity index (χ3n) is 5.52. The number of amides is 1. The molecule has 4 aromatic rings. The van der Waals surface area contributed by atoms with Crippen LogP contribution in [-0.4, -0.2) is 26.3 Å². The van der Waals surface area contributed by atoms with Crippen LogP contribution in [0.2, 0.25) is 0 Å². The minimum Gasteiger partial charge on any atom is -0.321 e. The van der Waals surface area contributed by atoms with Crippen LogP contribution in [0.15, 0.2) is 91.1 Å². The molecule has 1 aromatic heterocycles. The van der Waals surface area contributed by atoms with Gasteiger partial charge in [-0.25, -0.2) is 4.68 Å². The first-order chi connectivity index (χ1) is 15.2. The molecule has 154 valence electrons. The third kappa shape index (κ3) is 4.01. The minimum absolute atomic E-state index is 0.0681. The first-order valence-corrected chi connectivity index (χ1v) is 11.4. The second-order valence-electron chi connectivity index (χ2n) is 7.75. The molecule has 0 aliphatic carbocycles. The van der Waals surface area contributed by atoms with E-state index in [0.717, 1.165) is 28.1 Å². The summed E-state index contributed by atoms with van der Waals surface area (Å²) in [6.07, 6.45) is 2.08. The van der Waals surface area contributed by atoms with Crippen molar-refractivity contribution in [2.24, 2.45) is 0 Å². The zero-order chi connectivity index (χ0) is 21.2. The first-order valence-electron chi connectivity index (χ1n) is 10.4. The lowest BCUT2D eigenvalue weighted by molar-refractivity contribution is -0.128. The summed E-state index contributed by atoms with van der Waals surface area (Å²) in [4.78, 5) is 14.8. The highest BCUT2D eigenvalue weighted by Gasteiger charge is 2.35. The summed E-state index contributed by atoms with van der Waals surface area (Å²) in [7, 11) is 0. The number of hydrogen-bond acceptors (Lipinski definition) is 3. The Morgan fingerprint density at radius 2 is 1.61 bits per heavy atom. The van der Waals surface area contributed by atoms with Crippen molar-refractivity contribution >= 4 is 17.7 Å². The van der Waals surface area contributed by atoms with Crippen LogP contribution in [0, 0.1) is 6.92 Å². The number of hydrogen-bond donors (Lipinski definition) is 0. The SMILES string of the molecule is Cc1ccc(-c2nn(-c3ccccc3)cc2C2SCC(=O)N2Cc2ccccc2)cc1. The zero-order valence-electron chi connectivity index (χ0n) is 17.3. The second-order valence-corrected chi connectivity index (χ2v) is 8.82. The van der Waals surface area contributed by atoms with Crippen LogP contribution in [0.5, 0.6) is 0 Å². The van der Waals surface area contributed by atoms with Crippen LogP contribution >= 0.6 is 11.8 Å². The van der Waals surface area contributed by atoms with E-state index in [9.17, 15) is 4.79 Å². The highest BCUT2D eigenvalue weighted by molar-refractivity contribution is 8.00. The molecule has 1 atom stereocenters. The monoisotopic (exact) mass is 425 g/mol. The smallest absolute Gasteiger partial charge is 0.234 e. The van der Waals surface area contributed by atoms with Crippen molar-refractivity contribution < 1.29 is 4.79 Å². The number of carbonyl (C=O) groups excluding carboxylic acids is 1. The Hall–Kier alpha value is -3.31. The summed E-state index contributed by atoms with van der Waals surface area (Å²) in [6.45, 7) is 2.68. The fraction of sp³-hybridized carbons (Fsp3) is 0.154. The number of thioether (sulfide) groups is 1. The van der Waals surface area contributed by atoms with Gasteiger partial charge in [-0.15, -0.1) is 11.8 Å². The third-order valence-corrected chi connectivity index (χ3v) is 6.76. The molecular formula is C26H23N3OS. The highest BCUT2D eigenvalue weighted by atomic mass is 32.2. The molecule has 1 aliphatic rings. The first kappa shape index (κ1) is 19.6. The fourth-order valence-corrected chi connectivity index (χ4v) is 5.07. The van der Waals surface area contributed by atoms with E-state index in [2.05, 4.69) is 49.5 Å². The van der Waals surface area contributed by atoms with E-state index < -0.39 is 0 Å². The molecule has 0 bridgehead atoms. The van der Waals surface area contributed by atoms with Gasteiger partial charge in [0.25, 0.3) is 0 Å². The molecule has 2 heterocycles. The van der Waals surface area contributed by atoms with E-state index >= 15 is 0 Å². The number of rotatable bonds is 5. The van der Waals surface area contributed by atoms with Gasteiger partial charge in [0.05, 0.1) is 17.1 Å². The maximum Gasteiger partial charge on any atom is 0.234 e. The molecule has 31 heavy (non-hydrogen) atoms. The average molecular weight is 426 g/mol. The molecule has 5 heteroatoms. The van der Waals surface area contributed by atoms with Crippen molar-refractivity contribution in [1.29, 1.82) is 0 Å². The second kappa shape index (κ2) is 8.44. The molecule has 1 saturated heterocycles. The Labute approximate surface area is 186 Å². The summed E-state index contributed by atoms with van der Waals surface area (Å²) < 4.78 is 1.93. The molecule has 1 aliphatic heterocycles. The number of nitrogens with zero attached hydrogens (tertiary/aromatic N) is 3. The van der Waals surface area contributed by atoms with Crippen LogP contribution in [0.25, 0.3) is 16.9 Å². The lowest BCUT2D eigenvalue weighted by Crippen LogP contribution is -2.27. The molecular weight excluding hydrogens is 402 g/mol. The largest absolute Gasteiger partial charge is 0.321 e. The molecule has 0 spiro atoms. The van der Waals surface area contributed by atoms with Gasteiger partial charge < -0.3 is 4.90 Å². The normalized spacial score (nSPS) is 16.1. The van der Waals surface area contributed by atoms with Crippen molar-refractivity contribution in [3.8, 4) is 16.9 Å². The van der Waals surface area contributed by atoms with Gasteiger partial charge >= 0.3 is 0 Å². The van der Waals surface area contributed by atoms with E-state index in [-0.39, 0.29) is 11.3 Å². The van der Waals surface area contributed by atoms with Gasteiger partial charge in [0.2, 0.25) is 5.91 Å². The van der Waals surface area contributed by atoms with E-state index in [1.54, 1.807) is 11.8 Å². The molecule has 4 nitrogen and oxygen atoms in total. The van der Waals surface area contributed by atoms with Crippen LogP contribution in [0.3, 0.4) is 0 Å². The fourth-order valence-electron chi connectivity index (χ4n) is 3.88. The molecule has 1 fully saturated rings. The average Bonchev–Trinajstić information content (AvgIpc) is 3.40. The van der Waals surface area contributed by atoms with E-state index in [1.165, 1.54) is 5.56 Å². The van der Waals surface area contributed by atoms with Crippen molar-refractivity contribution in [3.05, 3.63) is 108 Å². The Kier molecular flexibility index (Phi) is 5.35. The Morgan fingerprint density at radius 3 is 2.32 bits per heavy atom. The summed E-state index contributed by atoms with van der Waals surface area (Å²) in [6, 6.07) is 28.7. The van der Waals surface area contributed by atoms with Crippen molar-refractivity contribution in [1.82, 2.24) is 14.7 Å². The summed E-state index contributed by atoms with van der Waals surface area (Å²) in [5, 5.41) is 4.89. The standard InChI is InChI=1S/C26H23N3OS/c1-19-12-14-21(15-13-19)25-23(17-29(27-25)22-10-6-3-7-11-22)26-28(24(30)18-31-26)16-20-8-4-2-5-9-20/h2-15,17,26H,16,18H2,1H3. The van der Waals surface area contributed by atoms with Crippen LogP contribution < -0.4 is 0 Å². The van der Waals surface area contributed by atoms with Gasteiger partial charge in [-0.3, -0.25) is 4.79 Å². The number of benzene rings is 3. The number of aromatic nitrogens is 2. The molecule has 0 radical (unpaired) electrons. The Bertz CT molecular complexity index is 1190. The number of para-hydroxylation sites is 1. The van der Waals surface area contributed by atoms with Gasteiger partial charge in [0.1, 0.15) is 5.37 Å². The topological polar surface area (TPSA) is 38.1 Å². The van der Waals surface area contributed by atoms with Gasteiger partial charge in [0.15, 0.2) is 0 Å². The minimum atomic E-state index is -0.0681. The van der Waals surface area contributed by atoms with Crippen LogP contribution in [-0.2, 0) is 11.3 Å². The summed E-state index contributed by atoms with van der Waals surface area (Å²) >= 11 is 1.67. The van der Waals surface area contributed by atoms with Crippen molar-refractivity contribution in [2.45, 2.75) is 18.8 Å². The quantitative estimate of drug-likeness (QED) is 0.416. The molecule has 0 saturated carbocycles. The van der Waals surface area contributed by atoms with Gasteiger partial charge in [-0.05, 0) is 24.6 Å². The molecule has 0 N–H and O–H groups in total. The molecule has 1 amide bonds. The lowest BCUT2D eigenvalue weighted by atomic mass is 10.1. The van der Waals surface area contributed by atoms with Gasteiger partial charge in [-0.2, -0.15) is 5.10 Å². The maximum absolute atomic E-state index is 12.8. The molecule has 5 rings (SSSR count). The summed E-state index contributed by atoms with van der Waals surface area (Å²) in [5.74, 6) is 0.655. The molecule has 3 aromatic carbocycles. The maximum atomic E-state index is 12.8. The van der Waals surface area contributed by atoms with Crippen LogP contribution in [0.4, 0.5) is 0 Å². The number of carbonyl (C=O) groups is 1. The predicted octanol–water partition coefficient (Wildman–Crippen LogP) is 5.62. The lowest BCUT2D eigenvalue weighted by Gasteiger charge is -2.24. The van der Waals surface area contributed by atoms with Crippen molar-refractivity contribution in [3.63, 3.8) is 0 Å². The zero-order valence-corrected chi connectivity index (χ0v) is 18.1. The van der Waals surface area contributed by atoms with E-state index in [0.29, 0.717) is 12.3 Å². The van der Waals surface area contributed by atoms with Crippen molar-refractivity contribution in [2.75, 3.05) is 5.75 Å². The number of aryl methyl sites for hydroxylation is 1. The van der Waals surface area contributed by atoms with E-state index in [4.69, 9.17) is 5.10 Å². The highest BCUT2D eigenvalue weighted by Crippen LogP contribution is 2.43. The molecule has 1 unspecified atom stereocenters. The summed E-state index contributed by atoms with van der Waals surface area (Å²) in [5.41, 5.74) is 6.41. The van der Waals surface area contributed by atoms with Gasteiger partial charge in [0, 0.05) is 23.9 Å². The predicted molar refractivity (Wildman–Crippen MR) is 126 cm³/mol.